The minimum atomic E-state index is -3.53. The molecule has 6 heteroatoms. The van der Waals surface area contributed by atoms with Crippen LogP contribution in [-0.2, 0) is 21.2 Å². The van der Waals surface area contributed by atoms with Crippen molar-refractivity contribution in [2.45, 2.75) is 43.8 Å². The van der Waals surface area contributed by atoms with Gasteiger partial charge in [-0.25, -0.2) is 8.42 Å². The lowest BCUT2D eigenvalue weighted by molar-refractivity contribution is -0.0750. The van der Waals surface area contributed by atoms with Crippen LogP contribution in [0.2, 0.25) is 0 Å². The first-order chi connectivity index (χ1) is 9.97. The smallest absolute Gasteiger partial charge is 0.243 e. The number of benzene rings is 1. The predicted molar refractivity (Wildman–Crippen MR) is 80.6 cm³/mol. The molecule has 2 unspecified atom stereocenters. The number of sulfonamides is 1. The maximum atomic E-state index is 12.7. The van der Waals surface area contributed by atoms with Crippen molar-refractivity contribution in [3.8, 4) is 0 Å². The van der Waals surface area contributed by atoms with Crippen LogP contribution in [-0.4, -0.2) is 49.7 Å². The van der Waals surface area contributed by atoms with Crippen molar-refractivity contribution in [3.63, 3.8) is 0 Å². The maximum absolute atomic E-state index is 12.7. The molecule has 1 aliphatic rings. The zero-order valence-corrected chi connectivity index (χ0v) is 13.3. The molecule has 21 heavy (non-hydrogen) atoms. The van der Waals surface area contributed by atoms with Gasteiger partial charge < -0.3 is 9.84 Å². The third-order valence-electron chi connectivity index (χ3n) is 3.60. The molecule has 0 bridgehead atoms. The Morgan fingerprint density at radius 3 is 2.52 bits per heavy atom. The van der Waals surface area contributed by atoms with E-state index in [1.54, 1.807) is 12.1 Å². The Kier molecular flexibility index (Phi) is 5.37. The van der Waals surface area contributed by atoms with Gasteiger partial charge in [-0.05, 0) is 31.0 Å². The Morgan fingerprint density at radius 1 is 1.29 bits per heavy atom. The van der Waals surface area contributed by atoms with Crippen molar-refractivity contribution in [1.82, 2.24) is 4.31 Å². The van der Waals surface area contributed by atoms with Gasteiger partial charge in [-0.15, -0.1) is 0 Å². The first kappa shape index (κ1) is 16.4. The Labute approximate surface area is 126 Å². The van der Waals surface area contributed by atoms with E-state index in [1.807, 2.05) is 19.1 Å². The van der Waals surface area contributed by atoms with Gasteiger partial charge in [0.25, 0.3) is 0 Å². The molecule has 118 valence electrons. The number of aliphatic hydroxyl groups excluding tert-OH is 1. The molecule has 1 aromatic carbocycles. The first-order valence-electron chi connectivity index (χ1n) is 7.32. The lowest BCUT2D eigenvalue weighted by atomic mass is 10.1. The van der Waals surface area contributed by atoms with Gasteiger partial charge in [-0.3, -0.25) is 0 Å². The van der Waals surface area contributed by atoms with Crippen molar-refractivity contribution < 1.29 is 18.3 Å². The number of hydrogen-bond donors (Lipinski definition) is 1. The van der Waals surface area contributed by atoms with Crippen LogP contribution in [0.25, 0.3) is 0 Å². The van der Waals surface area contributed by atoms with Gasteiger partial charge in [0.05, 0.1) is 23.7 Å². The van der Waals surface area contributed by atoms with Gasteiger partial charge in [0.2, 0.25) is 10.0 Å². The summed E-state index contributed by atoms with van der Waals surface area (Å²) in [6.07, 6.45) is 1.31. The van der Waals surface area contributed by atoms with Crippen LogP contribution in [0.4, 0.5) is 0 Å². The highest BCUT2D eigenvalue weighted by atomic mass is 32.2. The minimum absolute atomic E-state index is 0.175. The molecule has 1 saturated heterocycles. The van der Waals surface area contributed by atoms with Crippen molar-refractivity contribution in [2.75, 3.05) is 19.7 Å². The highest BCUT2D eigenvalue weighted by molar-refractivity contribution is 7.89. The number of rotatable bonds is 5. The highest BCUT2D eigenvalue weighted by Gasteiger charge is 2.33. The van der Waals surface area contributed by atoms with Gasteiger partial charge in [0, 0.05) is 13.1 Å². The lowest BCUT2D eigenvalue weighted by Gasteiger charge is -2.35. The molecule has 1 heterocycles. The van der Waals surface area contributed by atoms with E-state index in [4.69, 9.17) is 4.74 Å². The maximum Gasteiger partial charge on any atom is 0.243 e. The summed E-state index contributed by atoms with van der Waals surface area (Å²) >= 11 is 0. The fourth-order valence-corrected chi connectivity index (χ4v) is 4.11. The van der Waals surface area contributed by atoms with E-state index in [0.29, 0.717) is 11.4 Å². The molecule has 1 aliphatic heterocycles. The van der Waals surface area contributed by atoms with Crippen molar-refractivity contribution in [3.05, 3.63) is 29.8 Å². The standard InChI is InChI=1S/C15H23NO4S/c1-3-4-13-5-7-15(8-6-13)21(18,19)16-9-12(2)20-14(10-16)11-17/h5-8,12,14,17H,3-4,9-11H2,1-2H3. The minimum Gasteiger partial charge on any atom is -0.394 e. The molecule has 0 radical (unpaired) electrons. The molecule has 5 nitrogen and oxygen atoms in total. The Morgan fingerprint density at radius 2 is 1.95 bits per heavy atom. The zero-order valence-electron chi connectivity index (χ0n) is 12.5. The summed E-state index contributed by atoms with van der Waals surface area (Å²) in [5.74, 6) is 0. The van der Waals surface area contributed by atoms with Gasteiger partial charge in [-0.1, -0.05) is 25.5 Å². The summed E-state index contributed by atoms with van der Waals surface area (Å²) in [7, 11) is -3.53. The van der Waals surface area contributed by atoms with E-state index in [0.717, 1.165) is 18.4 Å². The molecule has 0 amide bonds. The van der Waals surface area contributed by atoms with Gasteiger partial charge in [-0.2, -0.15) is 4.31 Å². The lowest BCUT2D eigenvalue weighted by Crippen LogP contribution is -2.50. The van der Waals surface area contributed by atoms with E-state index in [2.05, 4.69) is 6.92 Å². The molecular formula is C15H23NO4S. The number of aliphatic hydroxyl groups is 1. The number of hydrogen-bond acceptors (Lipinski definition) is 4. The van der Waals surface area contributed by atoms with Crippen LogP contribution < -0.4 is 0 Å². The summed E-state index contributed by atoms with van der Waals surface area (Å²) in [6.45, 7) is 4.24. The molecule has 1 N–H and O–H groups in total. The van der Waals surface area contributed by atoms with Crippen molar-refractivity contribution in [2.24, 2.45) is 0 Å². The molecule has 2 atom stereocenters. The summed E-state index contributed by atoms with van der Waals surface area (Å²) in [5, 5.41) is 9.21. The van der Waals surface area contributed by atoms with Crippen LogP contribution in [0.5, 0.6) is 0 Å². The molecular weight excluding hydrogens is 290 g/mol. The predicted octanol–water partition coefficient (Wildman–Crippen LogP) is 1.41. The molecule has 0 aliphatic carbocycles. The molecule has 0 spiro atoms. The second-order valence-electron chi connectivity index (χ2n) is 5.47. The van der Waals surface area contributed by atoms with E-state index >= 15 is 0 Å². The third kappa shape index (κ3) is 3.83. The summed E-state index contributed by atoms with van der Waals surface area (Å²) < 4.78 is 32.2. The summed E-state index contributed by atoms with van der Waals surface area (Å²) in [5.41, 5.74) is 1.14. The molecule has 1 aromatic rings. The molecule has 1 fully saturated rings. The topological polar surface area (TPSA) is 66.8 Å². The Hall–Kier alpha value is -0.950. The zero-order chi connectivity index (χ0) is 15.5. The second kappa shape index (κ2) is 6.87. The Bertz CT molecular complexity index is 556. The van der Waals surface area contributed by atoms with Gasteiger partial charge >= 0.3 is 0 Å². The number of nitrogens with zero attached hydrogens (tertiary/aromatic N) is 1. The van der Waals surface area contributed by atoms with Crippen molar-refractivity contribution in [1.29, 1.82) is 0 Å². The summed E-state index contributed by atoms with van der Waals surface area (Å²) in [4.78, 5) is 0.299. The quantitative estimate of drug-likeness (QED) is 0.892. The van der Waals surface area contributed by atoms with E-state index in [-0.39, 0.29) is 19.3 Å². The van der Waals surface area contributed by atoms with Crippen LogP contribution in [0.3, 0.4) is 0 Å². The van der Waals surface area contributed by atoms with Gasteiger partial charge in [0.15, 0.2) is 0 Å². The van der Waals surface area contributed by atoms with E-state index < -0.39 is 16.1 Å². The number of ether oxygens (including phenoxy) is 1. The fourth-order valence-electron chi connectivity index (χ4n) is 2.57. The van der Waals surface area contributed by atoms with Crippen LogP contribution in [0, 0.1) is 0 Å². The van der Waals surface area contributed by atoms with Crippen LogP contribution in [0.1, 0.15) is 25.8 Å². The number of morpholine rings is 1. The fraction of sp³-hybridized carbons (Fsp3) is 0.600. The summed E-state index contributed by atoms with van der Waals surface area (Å²) in [6, 6.07) is 7.05. The third-order valence-corrected chi connectivity index (χ3v) is 5.44. The van der Waals surface area contributed by atoms with Crippen LogP contribution >= 0.6 is 0 Å². The average molecular weight is 313 g/mol. The Balaban J connectivity index is 2.20. The second-order valence-corrected chi connectivity index (χ2v) is 7.41. The number of aryl methyl sites for hydroxylation is 1. The molecule has 0 saturated carbocycles. The monoisotopic (exact) mass is 313 g/mol. The van der Waals surface area contributed by atoms with Gasteiger partial charge in [0.1, 0.15) is 0 Å². The highest BCUT2D eigenvalue weighted by Crippen LogP contribution is 2.21. The van der Waals surface area contributed by atoms with Crippen LogP contribution in [0.15, 0.2) is 29.2 Å². The average Bonchev–Trinajstić information content (AvgIpc) is 2.47. The largest absolute Gasteiger partial charge is 0.394 e. The van der Waals surface area contributed by atoms with E-state index in [9.17, 15) is 13.5 Å². The van der Waals surface area contributed by atoms with E-state index in [1.165, 1.54) is 4.31 Å². The molecule has 0 aromatic heterocycles. The molecule has 2 rings (SSSR count). The SMILES string of the molecule is CCCc1ccc(S(=O)(=O)N2CC(C)OC(CO)C2)cc1. The normalized spacial score (nSPS) is 24.1. The first-order valence-corrected chi connectivity index (χ1v) is 8.76. The van der Waals surface area contributed by atoms with Crippen molar-refractivity contribution >= 4 is 10.0 Å².